The van der Waals surface area contributed by atoms with Crippen LogP contribution >= 0.6 is 0 Å². The van der Waals surface area contributed by atoms with Gasteiger partial charge in [-0.2, -0.15) is 4.98 Å². The molecule has 0 aromatic carbocycles. The Hall–Kier alpha value is -2.25. The van der Waals surface area contributed by atoms with E-state index in [0.29, 0.717) is 23.8 Å². The molecule has 0 radical (unpaired) electrons. The molecule has 0 saturated heterocycles. The van der Waals surface area contributed by atoms with Crippen LogP contribution in [0.25, 0.3) is 0 Å². The van der Waals surface area contributed by atoms with E-state index >= 15 is 0 Å². The molecule has 0 saturated carbocycles. The van der Waals surface area contributed by atoms with Gasteiger partial charge in [0.2, 0.25) is 5.89 Å². The topological polar surface area (TPSA) is 107 Å². The second-order valence-corrected chi connectivity index (χ2v) is 5.65. The van der Waals surface area contributed by atoms with Crippen molar-refractivity contribution in [3.63, 3.8) is 0 Å². The molecule has 2 heterocycles. The molecule has 2 rings (SSSR count). The molecule has 0 aliphatic rings. The van der Waals surface area contributed by atoms with Crippen LogP contribution in [0.2, 0.25) is 0 Å². The van der Waals surface area contributed by atoms with Gasteiger partial charge in [0.1, 0.15) is 6.54 Å². The van der Waals surface area contributed by atoms with Crippen LogP contribution in [0, 0.1) is 5.92 Å². The smallest absolute Gasteiger partial charge is 0.358 e. The van der Waals surface area contributed by atoms with E-state index in [-0.39, 0.29) is 24.1 Å². The number of hydrogen-bond donors (Lipinski definition) is 1. The van der Waals surface area contributed by atoms with Crippen molar-refractivity contribution in [3.8, 4) is 0 Å². The van der Waals surface area contributed by atoms with E-state index in [1.54, 1.807) is 0 Å². The zero-order chi connectivity index (χ0) is 15.6. The lowest BCUT2D eigenvalue weighted by Crippen LogP contribution is -2.12. The van der Waals surface area contributed by atoms with Crippen molar-refractivity contribution in [1.82, 2.24) is 25.1 Å². The minimum atomic E-state index is -1.08. The normalized spacial score (nSPS) is 11.5. The molecule has 114 valence electrons. The first-order chi connectivity index (χ1) is 9.88. The van der Waals surface area contributed by atoms with Crippen molar-refractivity contribution in [1.29, 1.82) is 0 Å². The summed E-state index contributed by atoms with van der Waals surface area (Å²) in [7, 11) is 0. The Morgan fingerprint density at radius 2 is 2.05 bits per heavy atom. The highest BCUT2D eigenvalue weighted by Crippen LogP contribution is 2.15. The van der Waals surface area contributed by atoms with Gasteiger partial charge in [-0.25, -0.2) is 9.48 Å². The average molecular weight is 293 g/mol. The maximum atomic E-state index is 11.2. The monoisotopic (exact) mass is 293 g/mol. The van der Waals surface area contributed by atoms with Crippen LogP contribution in [0.1, 0.15) is 61.5 Å². The number of aromatic carboxylic acids is 1. The first-order valence-corrected chi connectivity index (χ1v) is 6.86. The summed E-state index contributed by atoms with van der Waals surface area (Å²) >= 11 is 0. The van der Waals surface area contributed by atoms with E-state index in [1.807, 2.05) is 27.7 Å². The Morgan fingerprint density at radius 3 is 2.57 bits per heavy atom. The van der Waals surface area contributed by atoms with Crippen molar-refractivity contribution in [2.24, 2.45) is 5.92 Å². The van der Waals surface area contributed by atoms with Crippen molar-refractivity contribution in [2.45, 2.75) is 46.6 Å². The summed E-state index contributed by atoms with van der Waals surface area (Å²) < 4.78 is 6.68. The predicted molar refractivity (Wildman–Crippen MR) is 73.0 cm³/mol. The van der Waals surface area contributed by atoms with Crippen LogP contribution in [-0.4, -0.2) is 36.2 Å². The lowest BCUT2D eigenvalue weighted by Gasteiger charge is -2.07. The first kappa shape index (κ1) is 15.1. The molecule has 2 aromatic rings. The summed E-state index contributed by atoms with van der Waals surface area (Å²) in [5, 5.41) is 20.7. The fourth-order valence-corrected chi connectivity index (χ4v) is 1.91. The quantitative estimate of drug-likeness (QED) is 0.864. The molecule has 0 fully saturated rings. The Bertz CT molecular complexity index is 630. The molecular weight excluding hydrogens is 274 g/mol. The van der Waals surface area contributed by atoms with Crippen molar-refractivity contribution >= 4 is 5.97 Å². The van der Waals surface area contributed by atoms with Gasteiger partial charge in [-0.05, 0) is 12.3 Å². The van der Waals surface area contributed by atoms with Gasteiger partial charge in [0.15, 0.2) is 11.5 Å². The fraction of sp³-hybridized carbons (Fsp3) is 0.615. The van der Waals surface area contributed by atoms with Crippen molar-refractivity contribution < 1.29 is 14.4 Å². The SMILES string of the molecule is CC(C)Cc1c(C(=O)O)nnn1Cc1nc(C(C)C)no1. The number of carbonyl (C=O) groups is 1. The summed E-state index contributed by atoms with van der Waals surface area (Å²) in [6, 6.07) is 0. The van der Waals surface area contributed by atoms with Gasteiger partial charge in [-0.15, -0.1) is 5.10 Å². The highest BCUT2D eigenvalue weighted by atomic mass is 16.5. The molecule has 1 N–H and O–H groups in total. The van der Waals surface area contributed by atoms with E-state index in [2.05, 4.69) is 20.5 Å². The fourth-order valence-electron chi connectivity index (χ4n) is 1.91. The number of aromatic nitrogens is 5. The van der Waals surface area contributed by atoms with Crippen LogP contribution in [-0.2, 0) is 13.0 Å². The number of nitrogens with zero attached hydrogens (tertiary/aromatic N) is 5. The number of hydrogen-bond acceptors (Lipinski definition) is 6. The standard InChI is InChI=1S/C13H19N5O3/c1-7(2)5-9-11(13(19)20)15-17-18(9)6-10-14-12(8(3)4)16-21-10/h7-8H,5-6H2,1-4H3,(H,19,20). The summed E-state index contributed by atoms with van der Waals surface area (Å²) in [6.45, 7) is 8.18. The third kappa shape index (κ3) is 3.45. The maximum Gasteiger partial charge on any atom is 0.358 e. The Labute approximate surface area is 122 Å². The number of carboxylic acid groups (broad SMARTS) is 1. The molecule has 0 aliphatic carbocycles. The van der Waals surface area contributed by atoms with Gasteiger partial charge in [-0.3, -0.25) is 0 Å². The molecule has 8 heteroatoms. The van der Waals surface area contributed by atoms with Gasteiger partial charge in [0.05, 0.1) is 5.69 Å². The molecule has 0 atom stereocenters. The van der Waals surface area contributed by atoms with E-state index in [4.69, 9.17) is 9.63 Å². The van der Waals surface area contributed by atoms with Gasteiger partial charge in [0, 0.05) is 5.92 Å². The third-order valence-corrected chi connectivity index (χ3v) is 2.93. The highest BCUT2D eigenvalue weighted by molar-refractivity contribution is 5.86. The van der Waals surface area contributed by atoms with Crippen LogP contribution in [0.3, 0.4) is 0 Å². The average Bonchev–Trinajstić information content (AvgIpc) is 2.97. The van der Waals surface area contributed by atoms with E-state index in [1.165, 1.54) is 4.68 Å². The molecule has 0 amide bonds. The van der Waals surface area contributed by atoms with Gasteiger partial charge in [0.25, 0.3) is 0 Å². The van der Waals surface area contributed by atoms with Crippen molar-refractivity contribution in [3.05, 3.63) is 23.1 Å². The maximum absolute atomic E-state index is 11.2. The second-order valence-electron chi connectivity index (χ2n) is 5.65. The van der Waals surface area contributed by atoms with Gasteiger partial charge < -0.3 is 9.63 Å². The molecule has 2 aromatic heterocycles. The summed E-state index contributed by atoms with van der Waals surface area (Å²) in [6.07, 6.45) is 0.569. The molecule has 0 bridgehead atoms. The predicted octanol–water partition coefficient (Wildman–Crippen LogP) is 1.73. The molecule has 0 unspecified atom stereocenters. The van der Waals surface area contributed by atoms with E-state index in [9.17, 15) is 4.79 Å². The van der Waals surface area contributed by atoms with Crippen LogP contribution < -0.4 is 0 Å². The molecule has 21 heavy (non-hydrogen) atoms. The molecular formula is C13H19N5O3. The lowest BCUT2D eigenvalue weighted by molar-refractivity contribution is 0.0689. The Kier molecular flexibility index (Phi) is 4.35. The lowest BCUT2D eigenvalue weighted by atomic mass is 10.1. The van der Waals surface area contributed by atoms with Crippen molar-refractivity contribution in [2.75, 3.05) is 0 Å². The number of rotatable bonds is 6. The van der Waals surface area contributed by atoms with Gasteiger partial charge >= 0.3 is 5.97 Å². The Balaban J connectivity index is 2.28. The zero-order valence-electron chi connectivity index (χ0n) is 12.6. The molecule has 0 aliphatic heterocycles. The van der Waals surface area contributed by atoms with Gasteiger partial charge in [-0.1, -0.05) is 38.1 Å². The van der Waals surface area contributed by atoms with Crippen LogP contribution in [0.5, 0.6) is 0 Å². The second kappa shape index (κ2) is 6.02. The summed E-state index contributed by atoms with van der Waals surface area (Å²) in [5.74, 6) is 0.391. The minimum absolute atomic E-state index is 0.0210. The summed E-state index contributed by atoms with van der Waals surface area (Å²) in [4.78, 5) is 15.5. The summed E-state index contributed by atoms with van der Waals surface area (Å²) in [5.41, 5.74) is 0.550. The molecule has 0 spiro atoms. The molecule has 8 nitrogen and oxygen atoms in total. The zero-order valence-corrected chi connectivity index (χ0v) is 12.6. The number of carboxylic acids is 1. The third-order valence-electron chi connectivity index (χ3n) is 2.93. The Morgan fingerprint density at radius 1 is 1.33 bits per heavy atom. The highest BCUT2D eigenvalue weighted by Gasteiger charge is 2.21. The van der Waals surface area contributed by atoms with E-state index < -0.39 is 5.97 Å². The van der Waals surface area contributed by atoms with Crippen LogP contribution in [0.15, 0.2) is 4.52 Å². The van der Waals surface area contributed by atoms with E-state index in [0.717, 1.165) is 0 Å². The minimum Gasteiger partial charge on any atom is -0.476 e. The van der Waals surface area contributed by atoms with Crippen LogP contribution in [0.4, 0.5) is 0 Å². The largest absolute Gasteiger partial charge is 0.476 e. The first-order valence-electron chi connectivity index (χ1n) is 6.86.